The van der Waals surface area contributed by atoms with Crippen molar-refractivity contribution in [1.29, 1.82) is 0 Å². The van der Waals surface area contributed by atoms with Crippen LogP contribution < -0.4 is 5.32 Å². The Morgan fingerprint density at radius 3 is 3.12 bits per heavy atom. The fraction of sp³-hybridized carbons (Fsp3) is 0.231. The van der Waals surface area contributed by atoms with Crippen molar-refractivity contribution in [1.82, 2.24) is 5.32 Å². The summed E-state index contributed by atoms with van der Waals surface area (Å²) in [5, 5.41) is 3.51. The van der Waals surface area contributed by atoms with Crippen LogP contribution in [0.15, 0.2) is 41.0 Å². The maximum Gasteiger partial charge on any atom is 0.128 e. The molecule has 2 aromatic rings. The van der Waals surface area contributed by atoms with E-state index in [1.807, 2.05) is 0 Å². The number of furan rings is 1. The molecule has 0 saturated carbocycles. The van der Waals surface area contributed by atoms with Gasteiger partial charge < -0.3 is 9.73 Å². The first-order valence-corrected chi connectivity index (χ1v) is 6.47. The molecule has 1 aliphatic heterocycles. The summed E-state index contributed by atoms with van der Waals surface area (Å²) in [6.07, 6.45) is 2.85. The molecule has 1 aromatic carbocycles. The lowest BCUT2D eigenvalue weighted by molar-refractivity contribution is 0.425. The second kappa shape index (κ2) is 4.22. The number of hydrogen-bond acceptors (Lipinski definition) is 2. The molecule has 1 N–H and O–H groups in total. The minimum atomic E-state index is 0.216. The number of nitrogens with one attached hydrogen (secondary N) is 1. The zero-order chi connectivity index (χ0) is 11.0. The Bertz CT molecular complexity index is 506. The highest BCUT2D eigenvalue weighted by molar-refractivity contribution is 14.1. The summed E-state index contributed by atoms with van der Waals surface area (Å²) in [6.45, 7) is 1.02. The fourth-order valence-electron chi connectivity index (χ4n) is 2.21. The van der Waals surface area contributed by atoms with Crippen molar-refractivity contribution >= 4 is 22.6 Å². The van der Waals surface area contributed by atoms with Gasteiger partial charge in [0.15, 0.2) is 0 Å². The molecule has 1 aliphatic rings. The standard InChI is InChI=1S/C13H12INO/c14-11-3-1-2-10(8-11)12-13-9(4-6-15-12)5-7-16-13/h1-3,5,7-8,12,15H,4,6H2. The Kier molecular flexibility index (Phi) is 2.73. The van der Waals surface area contributed by atoms with Crippen LogP contribution in [0, 0.1) is 3.57 Å². The van der Waals surface area contributed by atoms with Gasteiger partial charge in [-0.25, -0.2) is 0 Å². The third-order valence-corrected chi connectivity index (χ3v) is 3.64. The van der Waals surface area contributed by atoms with Crippen LogP contribution >= 0.6 is 22.6 Å². The van der Waals surface area contributed by atoms with E-state index in [-0.39, 0.29) is 6.04 Å². The molecule has 1 unspecified atom stereocenters. The number of halogens is 1. The van der Waals surface area contributed by atoms with Gasteiger partial charge in [0.1, 0.15) is 5.76 Å². The molecule has 3 rings (SSSR count). The largest absolute Gasteiger partial charge is 0.467 e. The van der Waals surface area contributed by atoms with E-state index in [4.69, 9.17) is 4.42 Å². The molecule has 16 heavy (non-hydrogen) atoms. The lowest BCUT2D eigenvalue weighted by atomic mass is 9.97. The maximum absolute atomic E-state index is 5.60. The highest BCUT2D eigenvalue weighted by atomic mass is 127. The first-order valence-electron chi connectivity index (χ1n) is 5.40. The van der Waals surface area contributed by atoms with Gasteiger partial charge in [-0.1, -0.05) is 12.1 Å². The van der Waals surface area contributed by atoms with Crippen molar-refractivity contribution in [2.75, 3.05) is 6.54 Å². The van der Waals surface area contributed by atoms with Gasteiger partial charge >= 0.3 is 0 Å². The van der Waals surface area contributed by atoms with E-state index in [1.165, 1.54) is 14.7 Å². The Morgan fingerprint density at radius 2 is 2.25 bits per heavy atom. The molecule has 0 amide bonds. The van der Waals surface area contributed by atoms with Crippen LogP contribution in [0.25, 0.3) is 0 Å². The minimum absolute atomic E-state index is 0.216. The lowest BCUT2D eigenvalue weighted by Gasteiger charge is -2.23. The SMILES string of the molecule is Ic1cccc(C2NCCc3ccoc32)c1. The smallest absolute Gasteiger partial charge is 0.128 e. The van der Waals surface area contributed by atoms with Crippen LogP contribution in [-0.2, 0) is 6.42 Å². The number of benzene rings is 1. The predicted octanol–water partition coefficient (Wildman–Crippen LogP) is 3.12. The molecule has 0 bridgehead atoms. The van der Waals surface area contributed by atoms with Crippen molar-refractivity contribution in [3.8, 4) is 0 Å². The van der Waals surface area contributed by atoms with Gasteiger partial charge in [-0.15, -0.1) is 0 Å². The van der Waals surface area contributed by atoms with Crippen LogP contribution in [0.5, 0.6) is 0 Å². The Labute approximate surface area is 108 Å². The molecule has 1 atom stereocenters. The van der Waals surface area contributed by atoms with Gasteiger partial charge in [0.25, 0.3) is 0 Å². The van der Waals surface area contributed by atoms with Gasteiger partial charge in [-0.05, 0) is 58.3 Å². The summed E-state index contributed by atoms with van der Waals surface area (Å²) in [6, 6.07) is 10.9. The molecular formula is C13H12INO. The maximum atomic E-state index is 5.60. The molecule has 2 heterocycles. The topological polar surface area (TPSA) is 25.2 Å². The molecule has 0 radical (unpaired) electrons. The molecule has 1 aromatic heterocycles. The molecule has 0 aliphatic carbocycles. The van der Waals surface area contributed by atoms with Gasteiger partial charge in [-0.2, -0.15) is 0 Å². The zero-order valence-corrected chi connectivity index (χ0v) is 10.9. The molecular weight excluding hydrogens is 313 g/mol. The summed E-state index contributed by atoms with van der Waals surface area (Å²) in [7, 11) is 0. The Morgan fingerprint density at radius 1 is 1.31 bits per heavy atom. The number of rotatable bonds is 1. The fourth-order valence-corrected chi connectivity index (χ4v) is 2.77. The average Bonchev–Trinajstić information content (AvgIpc) is 2.76. The molecule has 0 fully saturated rings. The summed E-state index contributed by atoms with van der Waals surface area (Å²) in [5.74, 6) is 1.08. The predicted molar refractivity (Wildman–Crippen MR) is 71.4 cm³/mol. The zero-order valence-electron chi connectivity index (χ0n) is 8.74. The van der Waals surface area contributed by atoms with Gasteiger partial charge in [0, 0.05) is 10.1 Å². The second-order valence-corrected chi connectivity index (χ2v) is 5.25. The lowest BCUT2D eigenvalue weighted by Crippen LogP contribution is -2.29. The van der Waals surface area contributed by atoms with Crippen molar-refractivity contribution in [3.05, 3.63) is 57.1 Å². The summed E-state index contributed by atoms with van der Waals surface area (Å²) < 4.78 is 6.86. The molecule has 3 heteroatoms. The minimum Gasteiger partial charge on any atom is -0.467 e. The van der Waals surface area contributed by atoms with Crippen molar-refractivity contribution in [2.24, 2.45) is 0 Å². The van der Waals surface area contributed by atoms with E-state index < -0.39 is 0 Å². The van der Waals surface area contributed by atoms with E-state index in [2.05, 4.69) is 58.2 Å². The normalized spacial score (nSPS) is 19.4. The highest BCUT2D eigenvalue weighted by Crippen LogP contribution is 2.29. The molecule has 82 valence electrons. The third kappa shape index (κ3) is 1.78. The monoisotopic (exact) mass is 325 g/mol. The van der Waals surface area contributed by atoms with Crippen LogP contribution in [-0.4, -0.2) is 6.54 Å². The number of fused-ring (bicyclic) bond motifs is 1. The van der Waals surface area contributed by atoms with E-state index in [1.54, 1.807) is 6.26 Å². The quantitative estimate of drug-likeness (QED) is 0.815. The van der Waals surface area contributed by atoms with E-state index in [0.717, 1.165) is 18.7 Å². The van der Waals surface area contributed by atoms with E-state index in [0.29, 0.717) is 0 Å². The van der Waals surface area contributed by atoms with Crippen molar-refractivity contribution < 1.29 is 4.42 Å². The van der Waals surface area contributed by atoms with Gasteiger partial charge in [-0.3, -0.25) is 0 Å². The summed E-state index contributed by atoms with van der Waals surface area (Å²) >= 11 is 2.34. The van der Waals surface area contributed by atoms with Crippen LogP contribution in [0.1, 0.15) is 22.9 Å². The van der Waals surface area contributed by atoms with E-state index >= 15 is 0 Å². The molecule has 0 saturated heterocycles. The Balaban J connectivity index is 2.04. The van der Waals surface area contributed by atoms with Crippen LogP contribution in [0.4, 0.5) is 0 Å². The van der Waals surface area contributed by atoms with Gasteiger partial charge in [0.05, 0.1) is 12.3 Å². The van der Waals surface area contributed by atoms with Crippen molar-refractivity contribution in [3.63, 3.8) is 0 Å². The molecule has 2 nitrogen and oxygen atoms in total. The first-order chi connectivity index (χ1) is 7.84. The first kappa shape index (κ1) is 10.4. The van der Waals surface area contributed by atoms with Crippen LogP contribution in [0.2, 0.25) is 0 Å². The summed E-state index contributed by atoms with van der Waals surface area (Å²) in [5.41, 5.74) is 2.62. The Hall–Kier alpha value is -0.810. The number of hydrogen-bond donors (Lipinski definition) is 1. The van der Waals surface area contributed by atoms with Gasteiger partial charge in [0.2, 0.25) is 0 Å². The average molecular weight is 325 g/mol. The third-order valence-electron chi connectivity index (χ3n) is 2.97. The van der Waals surface area contributed by atoms with Crippen molar-refractivity contribution in [2.45, 2.75) is 12.5 Å². The van der Waals surface area contributed by atoms with E-state index in [9.17, 15) is 0 Å². The summed E-state index contributed by atoms with van der Waals surface area (Å²) in [4.78, 5) is 0. The van der Waals surface area contributed by atoms with Crippen LogP contribution in [0.3, 0.4) is 0 Å². The highest BCUT2D eigenvalue weighted by Gasteiger charge is 2.24. The second-order valence-electron chi connectivity index (χ2n) is 4.00. The molecule has 0 spiro atoms.